The van der Waals surface area contributed by atoms with Crippen LogP contribution in [0.4, 0.5) is 0 Å². The van der Waals surface area contributed by atoms with Gasteiger partial charge < -0.3 is 5.73 Å². The van der Waals surface area contributed by atoms with Crippen LogP contribution in [0.3, 0.4) is 0 Å². The fourth-order valence-electron chi connectivity index (χ4n) is 1.85. The van der Waals surface area contributed by atoms with Gasteiger partial charge in [-0.1, -0.05) is 22.0 Å². The van der Waals surface area contributed by atoms with Crippen molar-refractivity contribution < 1.29 is 0 Å². The van der Waals surface area contributed by atoms with Crippen molar-refractivity contribution in [3.63, 3.8) is 0 Å². The van der Waals surface area contributed by atoms with Gasteiger partial charge in [0.25, 0.3) is 0 Å². The number of nitrogens with two attached hydrogens (primary N) is 1. The molecule has 3 aromatic rings. The zero-order chi connectivity index (χ0) is 11.1. The van der Waals surface area contributed by atoms with E-state index < -0.39 is 0 Å². The Kier molecular flexibility index (Phi) is 2.15. The Labute approximate surface area is 100 Å². The van der Waals surface area contributed by atoms with Crippen molar-refractivity contribution in [1.29, 1.82) is 0 Å². The quantitative estimate of drug-likeness (QED) is 0.741. The van der Waals surface area contributed by atoms with Crippen molar-refractivity contribution in [2.24, 2.45) is 5.73 Å². The highest BCUT2D eigenvalue weighted by atomic mass is 79.9. The summed E-state index contributed by atoms with van der Waals surface area (Å²) in [5.74, 6) is 0.777. The maximum absolute atomic E-state index is 5.65. The molecule has 4 nitrogen and oxygen atoms in total. The van der Waals surface area contributed by atoms with Crippen LogP contribution < -0.4 is 5.73 Å². The van der Waals surface area contributed by atoms with Gasteiger partial charge in [0, 0.05) is 4.47 Å². The molecule has 2 aromatic heterocycles. The molecule has 0 fully saturated rings. The van der Waals surface area contributed by atoms with Crippen LogP contribution in [0.1, 0.15) is 5.82 Å². The first-order valence-electron chi connectivity index (χ1n) is 4.92. The van der Waals surface area contributed by atoms with Crippen LogP contribution in [0, 0.1) is 0 Å². The highest BCUT2D eigenvalue weighted by Crippen LogP contribution is 2.21. The Morgan fingerprint density at radius 3 is 2.81 bits per heavy atom. The van der Waals surface area contributed by atoms with Crippen molar-refractivity contribution >= 4 is 32.5 Å². The fraction of sp³-hybridized carbons (Fsp3) is 0.0909. The number of hydrogen-bond acceptors (Lipinski definition) is 3. The van der Waals surface area contributed by atoms with Gasteiger partial charge in [0.1, 0.15) is 0 Å². The Balaban J connectivity index is 2.54. The third kappa shape index (κ3) is 1.32. The predicted octanol–water partition coefficient (Wildman–Crippen LogP) is 2.10. The Bertz CT molecular complexity index is 674. The van der Waals surface area contributed by atoms with Crippen LogP contribution >= 0.6 is 15.9 Å². The molecule has 0 aliphatic rings. The summed E-state index contributed by atoms with van der Waals surface area (Å²) >= 11 is 3.47. The van der Waals surface area contributed by atoms with E-state index in [0.29, 0.717) is 6.54 Å². The number of aromatic nitrogens is 3. The number of hydrogen-bond donors (Lipinski definition) is 1. The van der Waals surface area contributed by atoms with Gasteiger partial charge in [0.15, 0.2) is 11.5 Å². The highest BCUT2D eigenvalue weighted by Gasteiger charge is 2.07. The summed E-state index contributed by atoms with van der Waals surface area (Å²) in [7, 11) is 0. The molecular weight excluding hydrogens is 268 g/mol. The van der Waals surface area contributed by atoms with Crippen LogP contribution in [-0.4, -0.2) is 14.6 Å². The zero-order valence-corrected chi connectivity index (χ0v) is 9.98. The third-order valence-corrected chi connectivity index (χ3v) is 3.08. The molecule has 0 saturated carbocycles. The maximum atomic E-state index is 5.65. The second-order valence-electron chi connectivity index (χ2n) is 3.55. The number of pyridine rings is 1. The third-order valence-electron chi connectivity index (χ3n) is 2.58. The van der Waals surface area contributed by atoms with Gasteiger partial charge in [-0.15, -0.1) is 10.2 Å². The lowest BCUT2D eigenvalue weighted by Crippen LogP contribution is -2.03. The maximum Gasteiger partial charge on any atom is 0.161 e. The molecule has 0 aliphatic carbocycles. The summed E-state index contributed by atoms with van der Waals surface area (Å²) in [4.78, 5) is 0. The lowest BCUT2D eigenvalue weighted by molar-refractivity contribution is 0.894. The van der Waals surface area contributed by atoms with E-state index in [9.17, 15) is 0 Å². The van der Waals surface area contributed by atoms with Gasteiger partial charge in [-0.2, -0.15) is 0 Å². The molecule has 2 heterocycles. The monoisotopic (exact) mass is 276 g/mol. The zero-order valence-electron chi connectivity index (χ0n) is 8.39. The molecule has 0 atom stereocenters. The first kappa shape index (κ1) is 9.74. The summed E-state index contributed by atoms with van der Waals surface area (Å²) in [6, 6.07) is 10.1. The molecule has 0 spiro atoms. The van der Waals surface area contributed by atoms with Gasteiger partial charge >= 0.3 is 0 Å². The second kappa shape index (κ2) is 3.54. The number of benzene rings is 1. The molecule has 0 radical (unpaired) electrons. The molecule has 0 saturated heterocycles. The van der Waals surface area contributed by atoms with Gasteiger partial charge in [-0.3, -0.25) is 4.40 Å². The summed E-state index contributed by atoms with van der Waals surface area (Å²) < 4.78 is 3.02. The average Bonchev–Trinajstić information content (AvgIpc) is 2.72. The predicted molar refractivity (Wildman–Crippen MR) is 66.1 cm³/mol. The number of halogens is 1. The largest absolute Gasteiger partial charge is 0.324 e. The molecule has 1 aromatic carbocycles. The minimum Gasteiger partial charge on any atom is -0.324 e. The van der Waals surface area contributed by atoms with Crippen LogP contribution in [0.15, 0.2) is 34.8 Å². The smallest absolute Gasteiger partial charge is 0.161 e. The number of rotatable bonds is 1. The van der Waals surface area contributed by atoms with Gasteiger partial charge in [-0.25, -0.2) is 0 Å². The van der Waals surface area contributed by atoms with Crippen LogP contribution in [-0.2, 0) is 6.54 Å². The number of nitrogens with zero attached hydrogens (tertiary/aromatic N) is 3. The highest BCUT2D eigenvalue weighted by molar-refractivity contribution is 9.10. The van der Waals surface area contributed by atoms with E-state index in [4.69, 9.17) is 5.73 Å². The first-order chi connectivity index (χ1) is 7.79. The van der Waals surface area contributed by atoms with E-state index in [1.807, 2.05) is 28.7 Å². The van der Waals surface area contributed by atoms with E-state index in [1.165, 1.54) is 0 Å². The minimum absolute atomic E-state index is 0.382. The van der Waals surface area contributed by atoms with Gasteiger partial charge in [-0.05, 0) is 29.7 Å². The van der Waals surface area contributed by atoms with Gasteiger partial charge in [0.05, 0.1) is 12.1 Å². The van der Waals surface area contributed by atoms with Crippen LogP contribution in [0.25, 0.3) is 16.6 Å². The van der Waals surface area contributed by atoms with Crippen molar-refractivity contribution in [3.05, 3.63) is 40.6 Å². The molecule has 2 N–H and O–H groups in total. The van der Waals surface area contributed by atoms with E-state index in [1.54, 1.807) is 0 Å². The van der Waals surface area contributed by atoms with Crippen LogP contribution in [0.5, 0.6) is 0 Å². The Hall–Kier alpha value is -1.46. The van der Waals surface area contributed by atoms with Crippen molar-refractivity contribution in [3.8, 4) is 0 Å². The summed E-state index contributed by atoms with van der Waals surface area (Å²) in [5, 5.41) is 9.30. The average molecular weight is 277 g/mol. The van der Waals surface area contributed by atoms with Crippen molar-refractivity contribution in [2.75, 3.05) is 0 Å². The summed E-state index contributed by atoms with van der Waals surface area (Å²) in [6.45, 7) is 0.382. The lowest BCUT2D eigenvalue weighted by atomic mass is 10.2. The summed E-state index contributed by atoms with van der Waals surface area (Å²) in [5.41, 5.74) is 7.55. The molecule has 5 heteroatoms. The van der Waals surface area contributed by atoms with Crippen molar-refractivity contribution in [1.82, 2.24) is 14.6 Å². The standard InChI is InChI=1S/C11H9BrN4/c12-8-3-1-7-2-4-10-14-15-11(6-13)16(10)9(7)5-8/h1-5H,6,13H2. The molecule has 0 amide bonds. The van der Waals surface area contributed by atoms with E-state index in [-0.39, 0.29) is 0 Å². The molecule has 16 heavy (non-hydrogen) atoms. The summed E-state index contributed by atoms with van der Waals surface area (Å²) in [6.07, 6.45) is 0. The first-order valence-corrected chi connectivity index (χ1v) is 5.71. The topological polar surface area (TPSA) is 56.2 Å². The van der Waals surface area contributed by atoms with Gasteiger partial charge in [0.2, 0.25) is 0 Å². The van der Waals surface area contributed by atoms with Crippen LogP contribution in [0.2, 0.25) is 0 Å². The second-order valence-corrected chi connectivity index (χ2v) is 4.47. The SMILES string of the molecule is NCc1nnc2ccc3ccc(Br)cc3n12. The normalized spacial score (nSPS) is 11.4. The molecule has 80 valence electrons. The molecule has 3 rings (SSSR count). The molecule has 0 unspecified atom stereocenters. The van der Waals surface area contributed by atoms with E-state index >= 15 is 0 Å². The fourth-order valence-corrected chi connectivity index (χ4v) is 2.20. The minimum atomic E-state index is 0.382. The van der Waals surface area contributed by atoms with Crippen molar-refractivity contribution in [2.45, 2.75) is 6.54 Å². The number of fused-ring (bicyclic) bond motifs is 3. The van der Waals surface area contributed by atoms with E-state index in [2.05, 4.69) is 32.2 Å². The lowest BCUT2D eigenvalue weighted by Gasteiger charge is -2.04. The molecule has 0 bridgehead atoms. The van der Waals surface area contributed by atoms with E-state index in [0.717, 1.165) is 26.8 Å². The Morgan fingerprint density at radius 2 is 2.00 bits per heavy atom. The molecule has 0 aliphatic heterocycles. The molecular formula is C11H9BrN4. The Morgan fingerprint density at radius 1 is 1.19 bits per heavy atom.